The summed E-state index contributed by atoms with van der Waals surface area (Å²) in [6.07, 6.45) is 1.12. The summed E-state index contributed by atoms with van der Waals surface area (Å²) in [4.78, 5) is 10.6. The molecule has 108 valence electrons. The quantitative estimate of drug-likeness (QED) is 0.896. The Bertz CT molecular complexity index is 567. The van der Waals surface area contributed by atoms with E-state index in [1.54, 1.807) is 0 Å². The van der Waals surface area contributed by atoms with Crippen molar-refractivity contribution in [3.05, 3.63) is 29.6 Å². The van der Waals surface area contributed by atoms with Crippen molar-refractivity contribution in [2.45, 2.75) is 26.2 Å². The van der Waals surface area contributed by atoms with E-state index in [0.29, 0.717) is 5.92 Å². The molecule has 1 fully saturated rings. The van der Waals surface area contributed by atoms with Gasteiger partial charge in [0.1, 0.15) is 5.82 Å². The molecular weight excluding hydrogens is 248 g/mol. The maximum Gasteiger partial charge on any atom is 0.109 e. The third-order valence-electron chi connectivity index (χ3n) is 4.04. The first-order valence-corrected chi connectivity index (χ1v) is 7.64. The Morgan fingerprint density at radius 2 is 2.05 bits per heavy atom. The number of nitrogens with one attached hydrogen (secondary N) is 2. The molecule has 1 saturated heterocycles. The zero-order valence-corrected chi connectivity index (χ0v) is 12.4. The Balaban J connectivity index is 1.68. The predicted molar refractivity (Wildman–Crippen MR) is 83.2 cm³/mol. The van der Waals surface area contributed by atoms with E-state index in [1.807, 2.05) is 0 Å². The van der Waals surface area contributed by atoms with Crippen LogP contribution in [0.4, 0.5) is 0 Å². The molecule has 0 amide bonds. The summed E-state index contributed by atoms with van der Waals surface area (Å²) in [7, 11) is 0. The van der Waals surface area contributed by atoms with E-state index in [0.717, 1.165) is 37.4 Å². The summed E-state index contributed by atoms with van der Waals surface area (Å²) >= 11 is 0. The van der Waals surface area contributed by atoms with Gasteiger partial charge in [-0.15, -0.1) is 0 Å². The lowest BCUT2D eigenvalue weighted by Gasteiger charge is -2.27. The molecule has 2 N–H and O–H groups in total. The molecule has 0 bridgehead atoms. The minimum Gasteiger partial charge on any atom is -0.342 e. The van der Waals surface area contributed by atoms with Crippen molar-refractivity contribution < 1.29 is 0 Å². The van der Waals surface area contributed by atoms with Crippen molar-refractivity contribution in [3.63, 3.8) is 0 Å². The molecule has 2 heterocycles. The number of aromatic amines is 1. The fourth-order valence-corrected chi connectivity index (χ4v) is 2.73. The van der Waals surface area contributed by atoms with Crippen LogP contribution in [-0.4, -0.2) is 47.6 Å². The fraction of sp³-hybridized carbons (Fsp3) is 0.562. The van der Waals surface area contributed by atoms with E-state index < -0.39 is 0 Å². The molecule has 3 rings (SSSR count). The molecule has 0 spiro atoms. The van der Waals surface area contributed by atoms with E-state index in [9.17, 15) is 0 Å². The number of H-pyrrole nitrogens is 1. The zero-order valence-electron chi connectivity index (χ0n) is 12.4. The number of piperazine rings is 1. The molecule has 0 unspecified atom stereocenters. The minimum atomic E-state index is 0.451. The molecule has 0 aliphatic carbocycles. The number of imidazole rings is 1. The number of hydrogen-bond acceptors (Lipinski definition) is 3. The second kappa shape index (κ2) is 5.94. The molecule has 1 aliphatic rings. The van der Waals surface area contributed by atoms with Crippen LogP contribution in [0.2, 0.25) is 0 Å². The molecule has 0 saturated carbocycles. The van der Waals surface area contributed by atoms with Gasteiger partial charge in [0.25, 0.3) is 0 Å². The van der Waals surface area contributed by atoms with Crippen molar-refractivity contribution in [3.8, 4) is 0 Å². The van der Waals surface area contributed by atoms with Gasteiger partial charge >= 0.3 is 0 Å². The Labute approximate surface area is 120 Å². The molecule has 20 heavy (non-hydrogen) atoms. The highest BCUT2D eigenvalue weighted by Crippen LogP contribution is 2.18. The average molecular weight is 272 g/mol. The lowest BCUT2D eigenvalue weighted by atomic mass is 10.1. The summed E-state index contributed by atoms with van der Waals surface area (Å²) in [5, 5.41) is 3.40. The van der Waals surface area contributed by atoms with Gasteiger partial charge in [0, 0.05) is 38.6 Å². The molecule has 4 nitrogen and oxygen atoms in total. The van der Waals surface area contributed by atoms with Gasteiger partial charge in [0.2, 0.25) is 0 Å². The van der Waals surface area contributed by atoms with E-state index in [1.165, 1.54) is 24.2 Å². The largest absolute Gasteiger partial charge is 0.342 e. The van der Waals surface area contributed by atoms with Crippen LogP contribution >= 0.6 is 0 Å². The second-order valence-corrected chi connectivity index (χ2v) is 5.97. The van der Waals surface area contributed by atoms with Gasteiger partial charge in [-0.05, 0) is 24.1 Å². The van der Waals surface area contributed by atoms with Gasteiger partial charge in [-0.1, -0.05) is 19.9 Å². The maximum atomic E-state index is 4.63. The first-order chi connectivity index (χ1) is 9.72. The van der Waals surface area contributed by atoms with E-state index >= 15 is 0 Å². The Kier molecular flexibility index (Phi) is 4.03. The maximum absolute atomic E-state index is 4.63. The van der Waals surface area contributed by atoms with Crippen LogP contribution in [0.25, 0.3) is 11.0 Å². The SMILES string of the molecule is CC(C)c1nc2ccc(CCN3CCNCC3)cc2[nH]1. The van der Waals surface area contributed by atoms with Crippen LogP contribution in [0.3, 0.4) is 0 Å². The summed E-state index contributed by atoms with van der Waals surface area (Å²) in [6.45, 7) is 10.1. The third-order valence-corrected chi connectivity index (χ3v) is 4.04. The molecule has 0 atom stereocenters. The summed E-state index contributed by atoms with van der Waals surface area (Å²) in [6, 6.07) is 6.62. The van der Waals surface area contributed by atoms with Crippen molar-refractivity contribution in [2.75, 3.05) is 32.7 Å². The fourth-order valence-electron chi connectivity index (χ4n) is 2.73. The molecule has 1 aliphatic heterocycles. The van der Waals surface area contributed by atoms with E-state index in [-0.39, 0.29) is 0 Å². The van der Waals surface area contributed by atoms with Crippen LogP contribution in [0, 0.1) is 0 Å². The van der Waals surface area contributed by atoms with Crippen molar-refractivity contribution >= 4 is 11.0 Å². The van der Waals surface area contributed by atoms with Crippen molar-refractivity contribution in [1.29, 1.82) is 0 Å². The molecule has 1 aromatic heterocycles. The van der Waals surface area contributed by atoms with Gasteiger partial charge in [-0.2, -0.15) is 0 Å². The zero-order chi connectivity index (χ0) is 13.9. The molecular formula is C16H24N4. The molecule has 4 heteroatoms. The van der Waals surface area contributed by atoms with E-state index in [2.05, 4.69) is 52.2 Å². The standard InChI is InChI=1S/C16H24N4/c1-12(2)16-18-14-4-3-13(11-15(14)19-16)5-8-20-9-6-17-7-10-20/h3-4,11-12,17H,5-10H2,1-2H3,(H,18,19). The number of hydrogen-bond donors (Lipinski definition) is 2. The third kappa shape index (κ3) is 3.02. The highest BCUT2D eigenvalue weighted by Gasteiger charge is 2.10. The number of rotatable bonds is 4. The number of nitrogens with zero attached hydrogens (tertiary/aromatic N) is 2. The predicted octanol–water partition coefficient (Wildman–Crippen LogP) is 2.13. The normalized spacial score (nSPS) is 17.1. The van der Waals surface area contributed by atoms with Gasteiger partial charge in [-0.25, -0.2) is 4.98 Å². The van der Waals surface area contributed by atoms with E-state index in [4.69, 9.17) is 0 Å². The first kappa shape index (κ1) is 13.6. The van der Waals surface area contributed by atoms with Crippen LogP contribution in [0.1, 0.15) is 31.2 Å². The number of fused-ring (bicyclic) bond motifs is 1. The topological polar surface area (TPSA) is 44.0 Å². The van der Waals surface area contributed by atoms with Crippen molar-refractivity contribution in [2.24, 2.45) is 0 Å². The monoisotopic (exact) mass is 272 g/mol. The lowest BCUT2D eigenvalue weighted by molar-refractivity contribution is 0.244. The van der Waals surface area contributed by atoms with Crippen molar-refractivity contribution in [1.82, 2.24) is 20.2 Å². The van der Waals surface area contributed by atoms with Crippen LogP contribution in [-0.2, 0) is 6.42 Å². The molecule has 1 aromatic carbocycles. The summed E-state index contributed by atoms with van der Waals surface area (Å²) < 4.78 is 0. The Morgan fingerprint density at radius 3 is 2.80 bits per heavy atom. The summed E-state index contributed by atoms with van der Waals surface area (Å²) in [5.41, 5.74) is 3.65. The average Bonchev–Trinajstić information content (AvgIpc) is 2.89. The minimum absolute atomic E-state index is 0.451. The number of aromatic nitrogens is 2. The highest BCUT2D eigenvalue weighted by atomic mass is 15.2. The van der Waals surface area contributed by atoms with Crippen LogP contribution in [0.15, 0.2) is 18.2 Å². The molecule has 2 aromatic rings. The second-order valence-electron chi connectivity index (χ2n) is 5.97. The Hall–Kier alpha value is -1.39. The molecule has 0 radical (unpaired) electrons. The van der Waals surface area contributed by atoms with Crippen LogP contribution < -0.4 is 5.32 Å². The Morgan fingerprint density at radius 1 is 1.25 bits per heavy atom. The summed E-state index contributed by atoms with van der Waals surface area (Å²) in [5.74, 6) is 1.53. The first-order valence-electron chi connectivity index (χ1n) is 7.64. The van der Waals surface area contributed by atoms with Gasteiger partial charge < -0.3 is 15.2 Å². The number of benzene rings is 1. The smallest absolute Gasteiger partial charge is 0.109 e. The van der Waals surface area contributed by atoms with Crippen LogP contribution in [0.5, 0.6) is 0 Å². The highest BCUT2D eigenvalue weighted by molar-refractivity contribution is 5.76. The van der Waals surface area contributed by atoms with Gasteiger partial charge in [-0.3, -0.25) is 0 Å². The lowest BCUT2D eigenvalue weighted by Crippen LogP contribution is -2.44. The van der Waals surface area contributed by atoms with Gasteiger partial charge in [0.05, 0.1) is 11.0 Å². The van der Waals surface area contributed by atoms with Gasteiger partial charge in [0.15, 0.2) is 0 Å².